The Morgan fingerprint density at radius 1 is 1.00 bits per heavy atom. The molecule has 2 aromatic carbocycles. The van der Waals surface area contributed by atoms with Crippen molar-refractivity contribution in [2.75, 3.05) is 11.9 Å². The number of hydrogen-bond acceptors (Lipinski definition) is 4. The van der Waals surface area contributed by atoms with Gasteiger partial charge in [0.2, 0.25) is 0 Å². The Hall–Kier alpha value is -2.82. The van der Waals surface area contributed by atoms with Gasteiger partial charge in [0, 0.05) is 5.69 Å². The number of nitrogens with one attached hydrogen (secondary N) is 1. The molecule has 27 heavy (non-hydrogen) atoms. The molecule has 2 rings (SSSR count). The average molecular weight is 369 g/mol. The maximum atomic E-state index is 12.5. The molecule has 0 bridgehead atoms. The van der Waals surface area contributed by atoms with Crippen LogP contribution in [0.2, 0.25) is 0 Å². The first kappa shape index (κ1) is 20.5. The number of carbonyl (C=O) groups excluding carboxylic acids is 2. The molecule has 0 spiro atoms. The van der Waals surface area contributed by atoms with Gasteiger partial charge < -0.3 is 14.8 Å². The van der Waals surface area contributed by atoms with Crippen molar-refractivity contribution in [3.05, 3.63) is 59.7 Å². The first-order valence-corrected chi connectivity index (χ1v) is 9.34. The van der Waals surface area contributed by atoms with Crippen molar-refractivity contribution in [3.63, 3.8) is 0 Å². The fourth-order valence-corrected chi connectivity index (χ4v) is 2.41. The van der Waals surface area contributed by atoms with Crippen LogP contribution in [0.25, 0.3) is 0 Å². The van der Waals surface area contributed by atoms with Crippen LogP contribution in [0.3, 0.4) is 0 Å². The number of ether oxygens (including phenoxy) is 2. The third kappa shape index (κ3) is 6.44. The van der Waals surface area contributed by atoms with Gasteiger partial charge in [-0.3, -0.25) is 4.79 Å². The van der Waals surface area contributed by atoms with E-state index in [-0.39, 0.29) is 11.9 Å². The molecule has 0 aliphatic heterocycles. The minimum atomic E-state index is -0.591. The van der Waals surface area contributed by atoms with E-state index in [2.05, 4.69) is 5.32 Å². The predicted molar refractivity (Wildman–Crippen MR) is 106 cm³/mol. The largest absolute Gasteiger partial charge is 0.481 e. The molecule has 0 aromatic heterocycles. The topological polar surface area (TPSA) is 64.6 Å². The lowest BCUT2D eigenvalue weighted by molar-refractivity contribution is -0.122. The van der Waals surface area contributed by atoms with Crippen LogP contribution in [-0.2, 0) is 9.53 Å². The van der Waals surface area contributed by atoms with E-state index in [0.717, 1.165) is 18.4 Å². The summed E-state index contributed by atoms with van der Waals surface area (Å²) in [5.41, 5.74) is 2.20. The molecule has 144 valence electrons. The Kier molecular flexibility index (Phi) is 7.86. The highest BCUT2D eigenvalue weighted by molar-refractivity contribution is 5.95. The average Bonchev–Trinajstić information content (AvgIpc) is 2.68. The Morgan fingerprint density at radius 2 is 1.67 bits per heavy atom. The zero-order valence-electron chi connectivity index (χ0n) is 16.2. The first-order valence-electron chi connectivity index (χ1n) is 9.34. The number of hydrogen-bond donors (Lipinski definition) is 1. The monoisotopic (exact) mass is 369 g/mol. The number of rotatable bonds is 9. The van der Waals surface area contributed by atoms with Gasteiger partial charge in [-0.15, -0.1) is 0 Å². The molecule has 0 heterocycles. The quantitative estimate of drug-likeness (QED) is 0.512. The van der Waals surface area contributed by atoms with E-state index in [1.165, 1.54) is 0 Å². The molecule has 0 saturated carbocycles. The van der Waals surface area contributed by atoms with Gasteiger partial charge in [0.05, 0.1) is 12.2 Å². The van der Waals surface area contributed by atoms with Crippen LogP contribution in [0.4, 0.5) is 5.69 Å². The van der Waals surface area contributed by atoms with E-state index in [0.29, 0.717) is 30.0 Å². The summed E-state index contributed by atoms with van der Waals surface area (Å²) in [5, 5.41) is 2.83. The van der Waals surface area contributed by atoms with Gasteiger partial charge >= 0.3 is 5.97 Å². The number of benzene rings is 2. The standard InChI is InChI=1S/C22H27NO4/c1-4-6-15-26-22(25)17-9-11-18(12-10-17)23-21(24)20(5-2)27-19-13-7-16(3)8-14-19/h7-14,20H,4-6,15H2,1-3H3,(H,23,24)/t20-/m0/s1. The lowest BCUT2D eigenvalue weighted by Crippen LogP contribution is -2.32. The number of unbranched alkanes of at least 4 members (excludes halogenated alkanes) is 1. The summed E-state index contributed by atoms with van der Waals surface area (Å²) in [6.07, 6.45) is 1.77. The Labute approximate surface area is 160 Å². The highest BCUT2D eigenvalue weighted by Gasteiger charge is 2.18. The van der Waals surface area contributed by atoms with Gasteiger partial charge in [-0.05, 0) is 56.2 Å². The second-order valence-corrected chi connectivity index (χ2v) is 6.38. The van der Waals surface area contributed by atoms with Crippen LogP contribution < -0.4 is 10.1 Å². The third-order valence-corrected chi connectivity index (χ3v) is 4.08. The highest BCUT2D eigenvalue weighted by Crippen LogP contribution is 2.17. The number of esters is 1. The fraction of sp³-hybridized carbons (Fsp3) is 0.364. The highest BCUT2D eigenvalue weighted by atomic mass is 16.5. The van der Waals surface area contributed by atoms with Crippen molar-refractivity contribution in [1.29, 1.82) is 0 Å². The minimum absolute atomic E-state index is 0.226. The molecule has 2 aromatic rings. The molecule has 5 nitrogen and oxygen atoms in total. The van der Waals surface area contributed by atoms with Crippen molar-refractivity contribution in [2.24, 2.45) is 0 Å². The third-order valence-electron chi connectivity index (χ3n) is 4.08. The molecule has 0 aliphatic carbocycles. The van der Waals surface area contributed by atoms with Crippen LogP contribution in [0.1, 0.15) is 49.0 Å². The summed E-state index contributed by atoms with van der Waals surface area (Å²) < 4.78 is 11.0. The van der Waals surface area contributed by atoms with Crippen molar-refractivity contribution >= 4 is 17.6 Å². The molecule has 0 unspecified atom stereocenters. The normalized spacial score (nSPS) is 11.5. The van der Waals surface area contributed by atoms with Crippen LogP contribution in [0.15, 0.2) is 48.5 Å². The van der Waals surface area contributed by atoms with Crippen LogP contribution >= 0.6 is 0 Å². The molecule has 1 atom stereocenters. The zero-order valence-corrected chi connectivity index (χ0v) is 16.2. The first-order chi connectivity index (χ1) is 13.0. The van der Waals surface area contributed by atoms with Crippen molar-refractivity contribution in [1.82, 2.24) is 0 Å². The van der Waals surface area contributed by atoms with E-state index in [9.17, 15) is 9.59 Å². The summed E-state index contributed by atoms with van der Waals surface area (Å²) in [7, 11) is 0. The summed E-state index contributed by atoms with van der Waals surface area (Å²) in [6.45, 7) is 6.35. The Balaban J connectivity index is 1.93. The Bertz CT molecular complexity index is 738. The van der Waals surface area contributed by atoms with Gasteiger partial charge in [-0.1, -0.05) is 38.0 Å². The summed E-state index contributed by atoms with van der Waals surface area (Å²) in [5.74, 6) is 0.0829. The lowest BCUT2D eigenvalue weighted by atomic mass is 10.2. The minimum Gasteiger partial charge on any atom is -0.481 e. The second kappa shape index (κ2) is 10.4. The zero-order chi connectivity index (χ0) is 19.6. The van der Waals surface area contributed by atoms with E-state index in [1.54, 1.807) is 24.3 Å². The van der Waals surface area contributed by atoms with Crippen LogP contribution in [0, 0.1) is 6.92 Å². The molecular formula is C22H27NO4. The number of carbonyl (C=O) groups is 2. The summed E-state index contributed by atoms with van der Waals surface area (Å²) in [6, 6.07) is 14.3. The van der Waals surface area contributed by atoms with Gasteiger partial charge in [0.15, 0.2) is 6.10 Å². The van der Waals surface area contributed by atoms with Crippen LogP contribution in [-0.4, -0.2) is 24.6 Å². The molecule has 1 amide bonds. The maximum Gasteiger partial charge on any atom is 0.338 e. The fourth-order valence-electron chi connectivity index (χ4n) is 2.41. The predicted octanol–water partition coefficient (Wildman–Crippen LogP) is 4.75. The van der Waals surface area contributed by atoms with Crippen LogP contribution in [0.5, 0.6) is 5.75 Å². The number of anilines is 1. The van der Waals surface area contributed by atoms with Crippen molar-refractivity contribution in [2.45, 2.75) is 46.1 Å². The van der Waals surface area contributed by atoms with E-state index >= 15 is 0 Å². The maximum absolute atomic E-state index is 12.5. The van der Waals surface area contributed by atoms with Crippen molar-refractivity contribution in [3.8, 4) is 5.75 Å². The van der Waals surface area contributed by atoms with Gasteiger partial charge in [-0.2, -0.15) is 0 Å². The molecular weight excluding hydrogens is 342 g/mol. The summed E-state index contributed by atoms with van der Waals surface area (Å²) in [4.78, 5) is 24.4. The molecule has 1 N–H and O–H groups in total. The molecule has 0 radical (unpaired) electrons. The Morgan fingerprint density at radius 3 is 2.26 bits per heavy atom. The van der Waals surface area contributed by atoms with E-state index in [1.807, 2.05) is 45.0 Å². The molecule has 0 saturated heterocycles. The number of amides is 1. The van der Waals surface area contributed by atoms with Gasteiger partial charge in [0.25, 0.3) is 5.91 Å². The smallest absolute Gasteiger partial charge is 0.338 e. The van der Waals surface area contributed by atoms with E-state index < -0.39 is 6.10 Å². The van der Waals surface area contributed by atoms with E-state index in [4.69, 9.17) is 9.47 Å². The number of aryl methyl sites for hydroxylation is 1. The van der Waals surface area contributed by atoms with Gasteiger partial charge in [-0.25, -0.2) is 4.79 Å². The molecule has 5 heteroatoms. The summed E-state index contributed by atoms with van der Waals surface area (Å²) >= 11 is 0. The SMILES string of the molecule is CCCCOC(=O)c1ccc(NC(=O)[C@H](CC)Oc2ccc(C)cc2)cc1. The molecule has 0 aliphatic rings. The molecule has 0 fully saturated rings. The van der Waals surface area contributed by atoms with Crippen molar-refractivity contribution < 1.29 is 19.1 Å². The lowest BCUT2D eigenvalue weighted by Gasteiger charge is -2.17. The second-order valence-electron chi connectivity index (χ2n) is 6.38. The van der Waals surface area contributed by atoms with Gasteiger partial charge in [0.1, 0.15) is 5.75 Å².